The predicted octanol–water partition coefficient (Wildman–Crippen LogP) is 2.66. The van der Waals surface area contributed by atoms with Crippen molar-refractivity contribution in [2.75, 3.05) is 6.54 Å². The van der Waals surface area contributed by atoms with E-state index in [1.165, 1.54) is 11.2 Å². The summed E-state index contributed by atoms with van der Waals surface area (Å²) in [5.41, 5.74) is -0.619. The highest BCUT2D eigenvalue weighted by molar-refractivity contribution is 5.75. The Morgan fingerprint density at radius 3 is 2.65 bits per heavy atom. The van der Waals surface area contributed by atoms with Crippen molar-refractivity contribution in [3.05, 3.63) is 24.2 Å². The maximum Gasteiger partial charge on any atom is 0.410 e. The molecule has 110 valence electrons. The minimum atomic E-state index is -0.933. The van der Waals surface area contributed by atoms with Gasteiger partial charge in [0.15, 0.2) is 0 Å². The van der Waals surface area contributed by atoms with Crippen LogP contribution >= 0.6 is 0 Å². The van der Waals surface area contributed by atoms with Crippen molar-refractivity contribution in [2.24, 2.45) is 5.92 Å². The molecule has 0 spiro atoms. The molecular formula is C14H19NO5. The lowest BCUT2D eigenvalue weighted by Gasteiger charge is -2.28. The third-order valence-electron chi connectivity index (χ3n) is 3.18. The summed E-state index contributed by atoms with van der Waals surface area (Å²) in [4.78, 5) is 25.0. The summed E-state index contributed by atoms with van der Waals surface area (Å²) in [6, 6.07) is 2.75. The first-order valence-corrected chi connectivity index (χ1v) is 6.55. The summed E-state index contributed by atoms with van der Waals surface area (Å²) in [6.45, 7) is 5.67. The van der Waals surface area contributed by atoms with Gasteiger partial charge < -0.3 is 14.3 Å². The highest BCUT2D eigenvalue weighted by Gasteiger charge is 2.45. The van der Waals surface area contributed by atoms with Gasteiger partial charge >= 0.3 is 12.1 Å². The van der Waals surface area contributed by atoms with Gasteiger partial charge in [0.1, 0.15) is 17.4 Å². The number of carbonyl (C=O) groups excluding carboxylic acids is 1. The monoisotopic (exact) mass is 281 g/mol. The maximum atomic E-state index is 12.2. The zero-order valence-corrected chi connectivity index (χ0v) is 11.8. The first-order valence-electron chi connectivity index (χ1n) is 6.55. The molecule has 1 aromatic heterocycles. The van der Waals surface area contributed by atoms with Crippen LogP contribution in [-0.2, 0) is 9.53 Å². The van der Waals surface area contributed by atoms with Gasteiger partial charge in [-0.15, -0.1) is 0 Å². The Balaban J connectivity index is 2.24. The van der Waals surface area contributed by atoms with Crippen LogP contribution in [0, 0.1) is 5.92 Å². The van der Waals surface area contributed by atoms with Crippen LogP contribution in [0.2, 0.25) is 0 Å². The van der Waals surface area contributed by atoms with Gasteiger partial charge in [-0.1, -0.05) is 0 Å². The van der Waals surface area contributed by atoms with E-state index < -0.39 is 29.6 Å². The molecule has 1 amide bonds. The van der Waals surface area contributed by atoms with Crippen LogP contribution in [0.25, 0.3) is 0 Å². The number of carboxylic acids is 1. The number of carbonyl (C=O) groups is 2. The van der Waals surface area contributed by atoms with Crippen molar-refractivity contribution in [1.29, 1.82) is 0 Å². The summed E-state index contributed by atoms with van der Waals surface area (Å²) >= 11 is 0. The Morgan fingerprint density at radius 2 is 2.15 bits per heavy atom. The highest BCUT2D eigenvalue weighted by atomic mass is 16.6. The molecule has 0 saturated carbocycles. The SMILES string of the molecule is CC(C)(C)OC(=O)N1CCC(C(=O)O)C1c1ccco1. The lowest BCUT2D eigenvalue weighted by Crippen LogP contribution is -2.38. The zero-order chi connectivity index (χ0) is 14.9. The van der Waals surface area contributed by atoms with Gasteiger partial charge in [-0.2, -0.15) is 0 Å². The molecule has 1 aliphatic rings. The van der Waals surface area contributed by atoms with Gasteiger partial charge in [0.2, 0.25) is 0 Å². The molecule has 2 unspecified atom stereocenters. The molecule has 1 fully saturated rings. The van der Waals surface area contributed by atoms with Crippen molar-refractivity contribution in [2.45, 2.75) is 38.8 Å². The third kappa shape index (κ3) is 2.95. The molecular weight excluding hydrogens is 262 g/mol. The Bertz CT molecular complexity index is 488. The highest BCUT2D eigenvalue weighted by Crippen LogP contribution is 2.38. The Morgan fingerprint density at radius 1 is 1.45 bits per heavy atom. The van der Waals surface area contributed by atoms with E-state index in [1.54, 1.807) is 32.9 Å². The van der Waals surface area contributed by atoms with Gasteiger partial charge in [-0.3, -0.25) is 9.69 Å². The second-order valence-electron chi connectivity index (χ2n) is 5.87. The van der Waals surface area contributed by atoms with Crippen LogP contribution in [0.3, 0.4) is 0 Å². The molecule has 2 rings (SSSR count). The van der Waals surface area contributed by atoms with Crippen molar-refractivity contribution in [3.63, 3.8) is 0 Å². The minimum Gasteiger partial charge on any atom is -0.481 e. The molecule has 1 saturated heterocycles. The normalized spacial score (nSPS) is 22.9. The van der Waals surface area contributed by atoms with E-state index >= 15 is 0 Å². The first-order chi connectivity index (χ1) is 9.29. The summed E-state index contributed by atoms with van der Waals surface area (Å²) in [5.74, 6) is -1.13. The molecule has 20 heavy (non-hydrogen) atoms. The van der Waals surface area contributed by atoms with E-state index in [-0.39, 0.29) is 0 Å². The van der Waals surface area contributed by atoms with Gasteiger partial charge in [0.05, 0.1) is 12.2 Å². The lowest BCUT2D eigenvalue weighted by atomic mass is 9.99. The number of hydrogen-bond acceptors (Lipinski definition) is 4. The number of likely N-dealkylation sites (tertiary alicyclic amines) is 1. The molecule has 2 heterocycles. The van der Waals surface area contributed by atoms with Crippen LogP contribution in [0.1, 0.15) is 39.0 Å². The average molecular weight is 281 g/mol. The second kappa shape index (κ2) is 5.19. The fraction of sp³-hybridized carbons (Fsp3) is 0.571. The standard InChI is InChI=1S/C14H19NO5/c1-14(2,3)20-13(18)15-7-6-9(12(16)17)11(15)10-5-4-8-19-10/h4-5,8-9,11H,6-7H2,1-3H3,(H,16,17). The van der Waals surface area contributed by atoms with Crippen LogP contribution in [0.5, 0.6) is 0 Å². The topological polar surface area (TPSA) is 80.0 Å². The first kappa shape index (κ1) is 14.4. The van der Waals surface area contributed by atoms with E-state index in [2.05, 4.69) is 0 Å². The van der Waals surface area contributed by atoms with Crippen LogP contribution in [-0.4, -0.2) is 34.2 Å². The number of furan rings is 1. The van der Waals surface area contributed by atoms with E-state index in [0.29, 0.717) is 18.7 Å². The van der Waals surface area contributed by atoms with Gasteiger partial charge in [0.25, 0.3) is 0 Å². The summed E-state index contributed by atoms with van der Waals surface area (Å²) in [6.07, 6.45) is 1.35. The number of amides is 1. The number of ether oxygens (including phenoxy) is 1. The number of carboxylic acid groups (broad SMARTS) is 1. The smallest absolute Gasteiger partial charge is 0.410 e. The van der Waals surface area contributed by atoms with Gasteiger partial charge in [0, 0.05) is 6.54 Å². The summed E-state index contributed by atoms with van der Waals surface area (Å²) < 4.78 is 10.6. The molecule has 0 radical (unpaired) electrons. The fourth-order valence-electron chi connectivity index (χ4n) is 2.39. The van der Waals surface area contributed by atoms with Crippen molar-refractivity contribution >= 4 is 12.1 Å². The molecule has 1 aromatic rings. The molecule has 0 aliphatic carbocycles. The molecule has 2 atom stereocenters. The zero-order valence-electron chi connectivity index (χ0n) is 11.8. The largest absolute Gasteiger partial charge is 0.481 e. The van der Waals surface area contributed by atoms with E-state index in [9.17, 15) is 14.7 Å². The number of aliphatic carboxylic acids is 1. The van der Waals surface area contributed by atoms with E-state index in [0.717, 1.165) is 0 Å². The van der Waals surface area contributed by atoms with Gasteiger partial charge in [-0.05, 0) is 39.3 Å². The molecule has 6 heteroatoms. The number of nitrogens with zero attached hydrogens (tertiary/aromatic N) is 1. The van der Waals surface area contributed by atoms with Crippen molar-refractivity contribution < 1.29 is 23.8 Å². The minimum absolute atomic E-state index is 0.344. The van der Waals surface area contributed by atoms with Crippen LogP contribution < -0.4 is 0 Å². The number of hydrogen-bond donors (Lipinski definition) is 1. The third-order valence-corrected chi connectivity index (χ3v) is 3.18. The Kier molecular flexibility index (Phi) is 3.74. The maximum absolute atomic E-state index is 12.2. The van der Waals surface area contributed by atoms with Crippen LogP contribution in [0.15, 0.2) is 22.8 Å². The molecule has 6 nitrogen and oxygen atoms in total. The lowest BCUT2D eigenvalue weighted by molar-refractivity contribution is -0.142. The molecule has 0 aromatic carbocycles. The fourth-order valence-corrected chi connectivity index (χ4v) is 2.39. The molecule has 0 bridgehead atoms. The van der Waals surface area contributed by atoms with E-state index in [4.69, 9.17) is 9.15 Å². The quantitative estimate of drug-likeness (QED) is 0.901. The number of rotatable bonds is 2. The second-order valence-corrected chi connectivity index (χ2v) is 5.87. The Labute approximate surface area is 117 Å². The summed E-state index contributed by atoms with van der Waals surface area (Å²) in [5, 5.41) is 9.29. The van der Waals surface area contributed by atoms with Gasteiger partial charge in [-0.25, -0.2) is 4.79 Å². The van der Waals surface area contributed by atoms with E-state index in [1.807, 2.05) is 0 Å². The van der Waals surface area contributed by atoms with Crippen molar-refractivity contribution in [3.8, 4) is 0 Å². The van der Waals surface area contributed by atoms with Crippen LogP contribution in [0.4, 0.5) is 4.79 Å². The molecule has 1 N–H and O–H groups in total. The predicted molar refractivity (Wildman–Crippen MR) is 70.1 cm³/mol. The summed E-state index contributed by atoms with van der Waals surface area (Å²) in [7, 11) is 0. The molecule has 1 aliphatic heterocycles. The Hall–Kier alpha value is -1.98. The average Bonchev–Trinajstić information content (AvgIpc) is 2.95. The van der Waals surface area contributed by atoms with Crippen molar-refractivity contribution in [1.82, 2.24) is 4.90 Å².